The van der Waals surface area contributed by atoms with E-state index in [4.69, 9.17) is 4.74 Å². The zero-order valence-corrected chi connectivity index (χ0v) is 14.4. The highest BCUT2D eigenvalue weighted by atomic mass is 32.2. The minimum atomic E-state index is -3.04. The smallest absolute Gasteiger partial charge is 0.214 e. The van der Waals surface area contributed by atoms with Crippen molar-refractivity contribution in [2.24, 2.45) is 0 Å². The Bertz CT molecular complexity index is 600. The Morgan fingerprint density at radius 3 is 3.00 bits per heavy atom. The normalized spacial score (nSPS) is 24.5. The van der Waals surface area contributed by atoms with E-state index in [0.717, 1.165) is 17.7 Å². The average molecular weight is 342 g/mol. The average Bonchev–Trinajstić information content (AvgIpc) is 2.89. The fourth-order valence-corrected chi connectivity index (χ4v) is 6.38. The molecule has 0 bridgehead atoms. The summed E-state index contributed by atoms with van der Waals surface area (Å²) in [6.07, 6.45) is 5.40. The van der Waals surface area contributed by atoms with Crippen LogP contribution in [0.25, 0.3) is 0 Å². The molecule has 0 aliphatic carbocycles. The maximum absolute atomic E-state index is 12.0. The minimum Gasteiger partial charge on any atom is -0.373 e. The minimum absolute atomic E-state index is 0.0837. The molecule has 2 aliphatic heterocycles. The zero-order chi connectivity index (χ0) is 15.6. The van der Waals surface area contributed by atoms with Crippen LogP contribution >= 0.6 is 11.8 Å². The highest BCUT2D eigenvalue weighted by Crippen LogP contribution is 2.47. The van der Waals surface area contributed by atoms with Crippen LogP contribution in [0.4, 0.5) is 0 Å². The van der Waals surface area contributed by atoms with E-state index < -0.39 is 10.0 Å². The summed E-state index contributed by atoms with van der Waals surface area (Å²) >= 11 is 1.87. The molecule has 5 nitrogen and oxygen atoms in total. The molecule has 2 fully saturated rings. The summed E-state index contributed by atoms with van der Waals surface area (Å²) in [5.41, 5.74) is 1.08. The summed E-state index contributed by atoms with van der Waals surface area (Å²) in [5.74, 6) is 1.20. The molecule has 1 aromatic rings. The quantitative estimate of drug-likeness (QED) is 0.790. The first-order valence-corrected chi connectivity index (χ1v) is 10.2. The van der Waals surface area contributed by atoms with Gasteiger partial charge >= 0.3 is 0 Å². The van der Waals surface area contributed by atoms with Crippen molar-refractivity contribution in [1.29, 1.82) is 0 Å². The second-order valence-corrected chi connectivity index (χ2v) is 9.65. The van der Waals surface area contributed by atoms with E-state index in [1.165, 1.54) is 0 Å². The van der Waals surface area contributed by atoms with Gasteiger partial charge in [0.15, 0.2) is 0 Å². The number of sulfonamides is 1. The van der Waals surface area contributed by atoms with Crippen LogP contribution < -0.4 is 0 Å². The van der Waals surface area contributed by atoms with Crippen LogP contribution in [0.5, 0.6) is 0 Å². The summed E-state index contributed by atoms with van der Waals surface area (Å²) in [5, 5.41) is 0. The lowest BCUT2D eigenvalue weighted by Gasteiger charge is -2.46. The second-order valence-electron chi connectivity index (χ2n) is 6.08. The van der Waals surface area contributed by atoms with Crippen molar-refractivity contribution in [3.05, 3.63) is 30.1 Å². The van der Waals surface area contributed by atoms with Gasteiger partial charge in [0.2, 0.25) is 10.0 Å². The lowest BCUT2D eigenvalue weighted by Crippen LogP contribution is -2.61. The number of thioether (sulfide) groups is 1. The van der Waals surface area contributed by atoms with Gasteiger partial charge in [-0.2, -0.15) is 4.31 Å². The van der Waals surface area contributed by atoms with Crippen molar-refractivity contribution in [1.82, 2.24) is 9.29 Å². The molecule has 22 heavy (non-hydrogen) atoms. The number of nitrogens with zero attached hydrogens (tertiary/aromatic N) is 2. The van der Waals surface area contributed by atoms with Crippen LogP contribution in [0.1, 0.15) is 25.3 Å². The molecule has 2 saturated heterocycles. The van der Waals surface area contributed by atoms with Crippen molar-refractivity contribution >= 4 is 21.8 Å². The molecule has 3 rings (SSSR count). The first-order valence-electron chi connectivity index (χ1n) is 7.65. The van der Waals surface area contributed by atoms with E-state index in [2.05, 4.69) is 4.98 Å². The molecule has 7 heteroatoms. The molecule has 3 heterocycles. The molecule has 1 aromatic heterocycles. The van der Waals surface area contributed by atoms with Crippen LogP contribution in [-0.4, -0.2) is 53.2 Å². The maximum atomic E-state index is 12.0. The number of aromatic nitrogens is 1. The van der Waals surface area contributed by atoms with Gasteiger partial charge in [-0.3, -0.25) is 4.98 Å². The van der Waals surface area contributed by atoms with Crippen LogP contribution in [0.3, 0.4) is 0 Å². The topological polar surface area (TPSA) is 59.5 Å². The van der Waals surface area contributed by atoms with E-state index in [0.29, 0.717) is 26.1 Å². The largest absolute Gasteiger partial charge is 0.373 e. The number of hydrogen-bond acceptors (Lipinski definition) is 5. The van der Waals surface area contributed by atoms with E-state index in [-0.39, 0.29) is 16.6 Å². The van der Waals surface area contributed by atoms with Crippen LogP contribution in [-0.2, 0) is 21.4 Å². The number of rotatable bonds is 6. The van der Waals surface area contributed by atoms with Gasteiger partial charge in [0.1, 0.15) is 0 Å². The molecule has 1 atom stereocenters. The van der Waals surface area contributed by atoms with Gasteiger partial charge in [0, 0.05) is 36.0 Å². The fourth-order valence-electron chi connectivity index (χ4n) is 3.01. The van der Waals surface area contributed by atoms with Crippen LogP contribution in [0, 0.1) is 0 Å². The van der Waals surface area contributed by atoms with E-state index in [1.807, 2.05) is 37.0 Å². The summed E-state index contributed by atoms with van der Waals surface area (Å²) < 4.78 is 31.7. The monoisotopic (exact) mass is 342 g/mol. The van der Waals surface area contributed by atoms with Crippen molar-refractivity contribution in [2.75, 3.05) is 24.6 Å². The Morgan fingerprint density at radius 1 is 1.50 bits per heavy atom. The molecule has 0 amide bonds. The Kier molecular flexibility index (Phi) is 4.77. The van der Waals surface area contributed by atoms with Crippen molar-refractivity contribution in [3.8, 4) is 0 Å². The molecule has 0 radical (unpaired) electrons. The van der Waals surface area contributed by atoms with Gasteiger partial charge in [-0.1, -0.05) is 13.0 Å². The highest BCUT2D eigenvalue weighted by molar-refractivity contribution is 8.01. The predicted molar refractivity (Wildman–Crippen MR) is 88.3 cm³/mol. The first-order chi connectivity index (χ1) is 10.5. The fraction of sp³-hybridized carbons (Fsp3) is 0.667. The Balaban J connectivity index is 1.48. The Labute approximate surface area is 136 Å². The molecule has 2 aliphatic rings. The summed E-state index contributed by atoms with van der Waals surface area (Å²) in [6, 6.07) is 3.92. The molecule has 122 valence electrons. The lowest BCUT2D eigenvalue weighted by molar-refractivity contribution is 0.0396. The third kappa shape index (κ3) is 3.48. The molecular formula is C15H22N2O3S2. The molecule has 0 N–H and O–H groups in total. The van der Waals surface area contributed by atoms with Gasteiger partial charge in [-0.25, -0.2) is 8.42 Å². The zero-order valence-electron chi connectivity index (χ0n) is 12.8. The second kappa shape index (κ2) is 6.47. The summed E-state index contributed by atoms with van der Waals surface area (Å²) in [7, 11) is -3.04. The molecule has 1 spiro atoms. The van der Waals surface area contributed by atoms with E-state index in [9.17, 15) is 8.42 Å². The van der Waals surface area contributed by atoms with Gasteiger partial charge in [-0.15, -0.1) is 11.8 Å². The molecular weight excluding hydrogens is 320 g/mol. The van der Waals surface area contributed by atoms with Crippen molar-refractivity contribution in [2.45, 2.75) is 37.2 Å². The number of ether oxygens (including phenoxy) is 1. The molecule has 0 aromatic carbocycles. The van der Waals surface area contributed by atoms with Gasteiger partial charge < -0.3 is 4.74 Å². The summed E-state index contributed by atoms with van der Waals surface area (Å²) in [4.78, 5) is 4.08. The standard InChI is InChI=1S/C15H22N2O3S2/c1-2-6-22(18,19)17-11-15(12-17)7-14(10-21-15)20-9-13-4-3-5-16-8-13/h3-5,8,14H,2,6-7,9-12H2,1H3/t14-/m0/s1. The Morgan fingerprint density at radius 2 is 2.32 bits per heavy atom. The third-order valence-corrected chi connectivity index (χ3v) is 7.71. The van der Waals surface area contributed by atoms with Crippen LogP contribution in [0.15, 0.2) is 24.5 Å². The van der Waals surface area contributed by atoms with Gasteiger partial charge in [0.25, 0.3) is 0 Å². The molecule has 0 saturated carbocycles. The molecule has 0 unspecified atom stereocenters. The summed E-state index contributed by atoms with van der Waals surface area (Å²) in [6.45, 7) is 3.77. The number of hydrogen-bond donors (Lipinski definition) is 0. The van der Waals surface area contributed by atoms with Crippen molar-refractivity contribution in [3.63, 3.8) is 0 Å². The van der Waals surface area contributed by atoms with E-state index >= 15 is 0 Å². The van der Waals surface area contributed by atoms with Crippen LogP contribution in [0.2, 0.25) is 0 Å². The van der Waals surface area contributed by atoms with Gasteiger partial charge in [0.05, 0.1) is 18.5 Å². The van der Waals surface area contributed by atoms with Gasteiger partial charge in [-0.05, 0) is 24.5 Å². The highest BCUT2D eigenvalue weighted by Gasteiger charge is 2.52. The number of pyridine rings is 1. The lowest BCUT2D eigenvalue weighted by atomic mass is 9.95. The van der Waals surface area contributed by atoms with E-state index in [1.54, 1.807) is 10.5 Å². The first kappa shape index (κ1) is 16.2. The maximum Gasteiger partial charge on any atom is 0.214 e. The van der Waals surface area contributed by atoms with Crippen molar-refractivity contribution < 1.29 is 13.2 Å². The third-order valence-electron chi connectivity index (χ3n) is 4.17. The Hall–Kier alpha value is -0.630. The predicted octanol–water partition coefficient (Wildman–Crippen LogP) is 1.90. The SMILES string of the molecule is CCCS(=O)(=O)N1CC2(C[C@H](OCc3cccnc3)CS2)C1.